The standard InChI is InChI=1S/C21H28F2O.2CH4.2H2/c1-3-14-4-6-15(7-5-14)16-8-10-17(11-9-16)18-12-13-19(24-2)21(23)20(18)22;;;;/h3,12-17H,1,4-11H2,2H3;2*1H4;2*1H. The van der Waals surface area contributed by atoms with E-state index in [1.165, 1.54) is 32.8 Å². The van der Waals surface area contributed by atoms with Crippen molar-refractivity contribution >= 4 is 0 Å². The van der Waals surface area contributed by atoms with Gasteiger partial charge in [0.15, 0.2) is 11.6 Å². The summed E-state index contributed by atoms with van der Waals surface area (Å²) in [5.41, 5.74) is 0.530. The summed E-state index contributed by atoms with van der Waals surface area (Å²) in [6.07, 6.45) is 11.5. The van der Waals surface area contributed by atoms with Gasteiger partial charge in [-0.2, -0.15) is 4.39 Å². The first-order valence-electron chi connectivity index (χ1n) is 9.28. The molecule has 1 aromatic carbocycles. The molecule has 3 heteroatoms. The molecule has 1 aromatic rings. The summed E-state index contributed by atoms with van der Waals surface area (Å²) in [7, 11) is 1.36. The molecule has 2 saturated carbocycles. The fourth-order valence-corrected chi connectivity index (χ4v) is 4.77. The predicted octanol–water partition coefficient (Wildman–Crippen LogP) is 8.00. The average Bonchev–Trinajstić information content (AvgIpc) is 2.64. The van der Waals surface area contributed by atoms with Crippen LogP contribution in [0.15, 0.2) is 24.8 Å². The van der Waals surface area contributed by atoms with Gasteiger partial charge in [-0.15, -0.1) is 6.58 Å². The Labute approximate surface area is 161 Å². The second-order valence-electron chi connectivity index (χ2n) is 7.51. The smallest absolute Gasteiger partial charge is 0.200 e. The number of ether oxygens (including phenoxy) is 1. The molecule has 0 aromatic heterocycles. The number of rotatable bonds is 4. The van der Waals surface area contributed by atoms with Crippen molar-refractivity contribution in [1.82, 2.24) is 0 Å². The molecule has 0 saturated heterocycles. The topological polar surface area (TPSA) is 9.23 Å². The second-order valence-corrected chi connectivity index (χ2v) is 7.51. The minimum absolute atomic E-state index is 0. The van der Waals surface area contributed by atoms with Crippen LogP contribution in [0.2, 0.25) is 0 Å². The molecule has 3 rings (SSSR count). The van der Waals surface area contributed by atoms with Crippen molar-refractivity contribution in [2.24, 2.45) is 17.8 Å². The maximum atomic E-state index is 14.3. The Morgan fingerprint density at radius 3 is 1.96 bits per heavy atom. The maximum Gasteiger partial charge on any atom is 0.200 e. The highest BCUT2D eigenvalue weighted by molar-refractivity contribution is 5.33. The number of allylic oxidation sites excluding steroid dienone is 1. The van der Waals surface area contributed by atoms with Crippen molar-refractivity contribution in [2.45, 2.75) is 72.1 Å². The van der Waals surface area contributed by atoms with Crippen LogP contribution >= 0.6 is 0 Å². The molecule has 0 amide bonds. The van der Waals surface area contributed by atoms with Gasteiger partial charge in [0.2, 0.25) is 5.82 Å². The third-order valence-corrected chi connectivity index (χ3v) is 6.32. The summed E-state index contributed by atoms with van der Waals surface area (Å²) in [5.74, 6) is 0.853. The maximum absolute atomic E-state index is 14.3. The molecule has 2 fully saturated rings. The van der Waals surface area contributed by atoms with Gasteiger partial charge in [0.05, 0.1) is 7.11 Å². The lowest BCUT2D eigenvalue weighted by Crippen LogP contribution is -2.25. The van der Waals surface area contributed by atoms with Crippen molar-refractivity contribution in [3.8, 4) is 5.75 Å². The van der Waals surface area contributed by atoms with Crippen LogP contribution in [0.1, 0.15) is 80.6 Å². The summed E-state index contributed by atoms with van der Waals surface area (Å²) in [6, 6.07) is 3.26. The molecule has 0 N–H and O–H groups in total. The van der Waals surface area contributed by atoms with E-state index in [1.54, 1.807) is 12.1 Å². The molecule has 152 valence electrons. The Morgan fingerprint density at radius 2 is 1.46 bits per heavy atom. The number of benzene rings is 1. The molecule has 0 aliphatic heterocycles. The largest absolute Gasteiger partial charge is 0.494 e. The number of halogens is 2. The van der Waals surface area contributed by atoms with E-state index in [9.17, 15) is 8.78 Å². The summed E-state index contributed by atoms with van der Waals surface area (Å²) >= 11 is 0. The zero-order chi connectivity index (χ0) is 17.1. The van der Waals surface area contributed by atoms with Crippen LogP contribution in [-0.2, 0) is 0 Å². The summed E-state index contributed by atoms with van der Waals surface area (Å²) in [5, 5.41) is 0. The molecule has 0 radical (unpaired) electrons. The second kappa shape index (κ2) is 10.1. The first kappa shape index (κ1) is 22.7. The van der Waals surface area contributed by atoms with Gasteiger partial charge in [-0.05, 0) is 86.7 Å². The van der Waals surface area contributed by atoms with Gasteiger partial charge in [-0.25, -0.2) is 4.39 Å². The highest BCUT2D eigenvalue weighted by Gasteiger charge is 2.32. The minimum atomic E-state index is -0.847. The molecule has 2 aliphatic rings. The highest BCUT2D eigenvalue weighted by atomic mass is 19.2. The van der Waals surface area contributed by atoms with Crippen LogP contribution in [0.25, 0.3) is 0 Å². The lowest BCUT2D eigenvalue weighted by molar-refractivity contribution is 0.170. The van der Waals surface area contributed by atoms with Crippen molar-refractivity contribution < 1.29 is 16.4 Å². The average molecular weight is 371 g/mol. The lowest BCUT2D eigenvalue weighted by atomic mass is 9.68. The van der Waals surface area contributed by atoms with E-state index in [-0.39, 0.29) is 29.4 Å². The molecule has 0 bridgehead atoms. The van der Waals surface area contributed by atoms with E-state index >= 15 is 0 Å². The van der Waals surface area contributed by atoms with Crippen molar-refractivity contribution in [3.05, 3.63) is 42.0 Å². The van der Waals surface area contributed by atoms with E-state index < -0.39 is 11.6 Å². The zero-order valence-electron chi connectivity index (χ0n) is 14.6. The Kier molecular flexibility index (Phi) is 8.79. The van der Waals surface area contributed by atoms with Crippen molar-refractivity contribution in [1.29, 1.82) is 0 Å². The SMILES string of the molecule is C.C.C=CC1CCC(C2CCC(c3ccc(OC)c(F)c3F)CC2)CC1.[HH].[HH]. The summed E-state index contributed by atoms with van der Waals surface area (Å²) < 4.78 is 33.1. The number of methoxy groups -OCH3 is 1. The van der Waals surface area contributed by atoms with Crippen molar-refractivity contribution in [2.75, 3.05) is 7.11 Å². The predicted molar refractivity (Wildman–Crippen MR) is 111 cm³/mol. The molecule has 2 aliphatic carbocycles. The van der Waals surface area contributed by atoms with Crippen LogP contribution in [0.5, 0.6) is 5.75 Å². The number of hydrogen-bond acceptors (Lipinski definition) is 1. The minimum Gasteiger partial charge on any atom is -0.494 e. The lowest BCUT2D eigenvalue weighted by Gasteiger charge is -2.37. The quantitative estimate of drug-likeness (QED) is 0.488. The van der Waals surface area contributed by atoms with Gasteiger partial charge < -0.3 is 4.74 Å². The fraction of sp³-hybridized carbons (Fsp3) is 0.652. The van der Waals surface area contributed by atoms with Crippen LogP contribution in [0, 0.1) is 29.4 Å². The van der Waals surface area contributed by atoms with Gasteiger partial charge in [0.25, 0.3) is 0 Å². The first-order valence-corrected chi connectivity index (χ1v) is 9.28. The molecule has 0 unspecified atom stereocenters. The molecule has 0 heterocycles. The van der Waals surface area contributed by atoms with Gasteiger partial charge in [0.1, 0.15) is 0 Å². The Hall–Kier alpha value is -1.38. The van der Waals surface area contributed by atoms with Crippen LogP contribution < -0.4 is 4.74 Å². The van der Waals surface area contributed by atoms with Crippen LogP contribution in [0.3, 0.4) is 0 Å². The van der Waals surface area contributed by atoms with Crippen LogP contribution in [-0.4, -0.2) is 7.11 Å². The molecule has 0 atom stereocenters. The van der Waals surface area contributed by atoms with Crippen molar-refractivity contribution in [3.63, 3.8) is 0 Å². The normalized spacial score (nSPS) is 28.4. The Balaban J connectivity index is 0. The zero-order valence-corrected chi connectivity index (χ0v) is 14.6. The molecule has 26 heavy (non-hydrogen) atoms. The molecule has 1 nitrogen and oxygen atoms in total. The van der Waals surface area contributed by atoms with E-state index in [0.29, 0.717) is 11.5 Å². The van der Waals surface area contributed by atoms with E-state index in [2.05, 4.69) is 12.7 Å². The van der Waals surface area contributed by atoms with Gasteiger partial charge in [-0.1, -0.05) is 27.0 Å². The summed E-state index contributed by atoms with van der Waals surface area (Å²) in [6.45, 7) is 3.92. The Morgan fingerprint density at radius 1 is 0.923 bits per heavy atom. The van der Waals surface area contributed by atoms with E-state index in [4.69, 9.17) is 4.74 Å². The first-order chi connectivity index (χ1) is 11.6. The third-order valence-electron chi connectivity index (χ3n) is 6.32. The monoisotopic (exact) mass is 370 g/mol. The molecule has 0 spiro atoms. The van der Waals surface area contributed by atoms with E-state index in [0.717, 1.165) is 37.5 Å². The number of hydrogen-bond donors (Lipinski definition) is 0. The van der Waals surface area contributed by atoms with Gasteiger partial charge in [0, 0.05) is 2.85 Å². The summed E-state index contributed by atoms with van der Waals surface area (Å²) in [4.78, 5) is 0. The molecular weight excluding hydrogens is 330 g/mol. The van der Waals surface area contributed by atoms with Crippen LogP contribution in [0.4, 0.5) is 8.78 Å². The van der Waals surface area contributed by atoms with E-state index in [1.807, 2.05) is 0 Å². The molecular formula is C23H40F2O. The Bertz CT molecular complexity index is 578. The highest BCUT2D eigenvalue weighted by Crippen LogP contribution is 2.44. The van der Waals surface area contributed by atoms with Gasteiger partial charge >= 0.3 is 0 Å². The van der Waals surface area contributed by atoms with Gasteiger partial charge in [-0.3, -0.25) is 0 Å². The third kappa shape index (κ3) is 4.66. The fourth-order valence-electron chi connectivity index (χ4n) is 4.77.